The van der Waals surface area contributed by atoms with Crippen LogP contribution in [0.2, 0.25) is 0 Å². The van der Waals surface area contributed by atoms with Crippen LogP contribution in [0.3, 0.4) is 0 Å². The summed E-state index contributed by atoms with van der Waals surface area (Å²) in [6.45, 7) is 6.53. The number of rotatable bonds is 10. The van der Waals surface area contributed by atoms with E-state index in [1.807, 2.05) is 60.4 Å². The Morgan fingerprint density at radius 1 is 1.12 bits per heavy atom. The molecule has 0 unspecified atom stereocenters. The molecule has 0 aliphatic carbocycles. The van der Waals surface area contributed by atoms with Gasteiger partial charge in [0.15, 0.2) is 0 Å². The molecule has 1 aliphatic rings. The highest BCUT2D eigenvalue weighted by molar-refractivity contribution is 5.29. The molecule has 4 rings (SSSR count). The highest BCUT2D eigenvalue weighted by Crippen LogP contribution is 2.20. The van der Waals surface area contributed by atoms with Crippen molar-refractivity contribution in [2.45, 2.75) is 32.0 Å². The van der Waals surface area contributed by atoms with Crippen LogP contribution in [0.15, 0.2) is 67.3 Å². The van der Waals surface area contributed by atoms with E-state index in [4.69, 9.17) is 14.2 Å². The Morgan fingerprint density at radius 2 is 1.97 bits per heavy atom. The fourth-order valence-electron chi connectivity index (χ4n) is 3.99. The predicted octanol–water partition coefficient (Wildman–Crippen LogP) is 3.30. The van der Waals surface area contributed by atoms with Crippen molar-refractivity contribution in [1.82, 2.24) is 14.5 Å². The van der Waals surface area contributed by atoms with Crippen LogP contribution in [-0.4, -0.2) is 64.7 Å². The number of aryl methyl sites for hydroxylation is 2. The number of β-amino-alcohol motifs (C(OH)–C–C–N with tert-alkyl or cyclic N) is 1. The van der Waals surface area contributed by atoms with E-state index in [-0.39, 0.29) is 13.2 Å². The molecule has 1 N–H and O–H groups in total. The van der Waals surface area contributed by atoms with Gasteiger partial charge in [-0.2, -0.15) is 0 Å². The first kappa shape index (κ1) is 23.3. The van der Waals surface area contributed by atoms with Gasteiger partial charge in [-0.3, -0.25) is 4.90 Å². The zero-order valence-electron chi connectivity index (χ0n) is 19.2. The largest absolute Gasteiger partial charge is 0.494 e. The lowest BCUT2D eigenvalue weighted by molar-refractivity contribution is -0.0646. The van der Waals surface area contributed by atoms with Gasteiger partial charge in [-0.15, -0.1) is 0 Å². The number of aliphatic hydroxyl groups is 1. The second-order valence-corrected chi connectivity index (χ2v) is 8.74. The number of hydrogen-bond acceptors (Lipinski definition) is 6. The number of nitrogens with zero attached hydrogens (tertiary/aromatic N) is 3. The Balaban J connectivity index is 1.29. The molecule has 2 heterocycles. The summed E-state index contributed by atoms with van der Waals surface area (Å²) in [5, 5.41) is 11.2. The van der Waals surface area contributed by atoms with Crippen LogP contribution in [0.5, 0.6) is 11.5 Å². The smallest absolute Gasteiger partial charge is 0.134 e. The van der Waals surface area contributed by atoms with Crippen LogP contribution in [-0.2, 0) is 17.8 Å². The zero-order chi connectivity index (χ0) is 22.9. The number of imidazole rings is 1. The van der Waals surface area contributed by atoms with Gasteiger partial charge < -0.3 is 23.9 Å². The minimum atomic E-state index is -1.07. The van der Waals surface area contributed by atoms with Crippen LogP contribution < -0.4 is 9.47 Å². The molecule has 0 saturated carbocycles. The lowest BCUT2D eigenvalue weighted by Gasteiger charge is -2.30. The third kappa shape index (κ3) is 7.32. The second kappa shape index (κ2) is 11.3. The lowest BCUT2D eigenvalue weighted by atomic mass is 10.1. The normalized spacial score (nSPS) is 19.2. The predicted molar refractivity (Wildman–Crippen MR) is 127 cm³/mol. The Labute approximate surface area is 195 Å². The van der Waals surface area contributed by atoms with Crippen molar-refractivity contribution in [1.29, 1.82) is 0 Å². The summed E-state index contributed by atoms with van der Waals surface area (Å²) in [7, 11) is 0. The van der Waals surface area contributed by atoms with Gasteiger partial charge in [0, 0.05) is 38.6 Å². The maximum Gasteiger partial charge on any atom is 0.134 e. The van der Waals surface area contributed by atoms with Crippen LogP contribution in [0.4, 0.5) is 0 Å². The molecule has 1 fully saturated rings. The van der Waals surface area contributed by atoms with Gasteiger partial charge in [-0.1, -0.05) is 24.3 Å². The number of aromatic nitrogens is 2. The molecule has 2 aromatic carbocycles. The van der Waals surface area contributed by atoms with Crippen molar-refractivity contribution in [3.63, 3.8) is 0 Å². The average molecular weight is 452 g/mol. The molecule has 33 heavy (non-hydrogen) atoms. The monoisotopic (exact) mass is 451 g/mol. The SMILES string of the molecule is Cc1cccc(OC[C@]2(O)COCCN(Cc3cccc(OCCCn4ccnc4)c3)C2)c1. The van der Waals surface area contributed by atoms with Crippen molar-refractivity contribution in [2.24, 2.45) is 0 Å². The molecule has 0 spiro atoms. The zero-order valence-corrected chi connectivity index (χ0v) is 19.2. The average Bonchev–Trinajstić information content (AvgIpc) is 3.25. The summed E-state index contributed by atoms with van der Waals surface area (Å²) in [5.41, 5.74) is 1.20. The molecular weight excluding hydrogens is 418 g/mol. The van der Waals surface area contributed by atoms with Gasteiger partial charge in [0.1, 0.15) is 23.7 Å². The topological polar surface area (TPSA) is 69.0 Å². The van der Waals surface area contributed by atoms with E-state index >= 15 is 0 Å². The molecule has 1 aliphatic heterocycles. The fourth-order valence-corrected chi connectivity index (χ4v) is 3.99. The molecule has 3 aromatic rings. The van der Waals surface area contributed by atoms with Gasteiger partial charge in [0.05, 0.1) is 26.1 Å². The molecule has 1 saturated heterocycles. The lowest BCUT2D eigenvalue weighted by Crippen LogP contribution is -2.48. The van der Waals surface area contributed by atoms with Crippen molar-refractivity contribution < 1.29 is 19.3 Å². The molecule has 1 atom stereocenters. The first-order valence-electron chi connectivity index (χ1n) is 11.5. The second-order valence-electron chi connectivity index (χ2n) is 8.74. The standard InChI is InChI=1S/C26H33N3O4/c1-22-5-2-7-24(15-22)33-20-26(30)18-29(12-14-31-19-26)17-23-6-3-8-25(16-23)32-13-4-10-28-11-9-27-21-28/h2-3,5-9,11,15-16,21,30H,4,10,12-14,17-20H2,1H3/t26-/m1/s1. The number of ether oxygens (including phenoxy) is 3. The van der Waals surface area contributed by atoms with E-state index in [1.165, 1.54) is 0 Å². The maximum absolute atomic E-state index is 11.2. The van der Waals surface area contributed by atoms with Gasteiger partial charge in [-0.05, 0) is 48.7 Å². The Bertz CT molecular complexity index is 995. The molecule has 0 bridgehead atoms. The minimum Gasteiger partial charge on any atom is -0.494 e. The van der Waals surface area contributed by atoms with Crippen LogP contribution in [0, 0.1) is 6.92 Å². The van der Waals surface area contributed by atoms with E-state index in [0.29, 0.717) is 26.3 Å². The Kier molecular flexibility index (Phi) is 7.99. The first-order chi connectivity index (χ1) is 16.1. The summed E-state index contributed by atoms with van der Waals surface area (Å²) < 4.78 is 19.6. The van der Waals surface area contributed by atoms with E-state index in [2.05, 4.69) is 22.0 Å². The van der Waals surface area contributed by atoms with Crippen molar-refractivity contribution in [3.05, 3.63) is 78.4 Å². The highest BCUT2D eigenvalue weighted by atomic mass is 16.5. The third-order valence-electron chi connectivity index (χ3n) is 5.63. The Hall–Kier alpha value is -2.87. The van der Waals surface area contributed by atoms with Crippen molar-refractivity contribution >= 4 is 0 Å². The summed E-state index contributed by atoms with van der Waals surface area (Å²) in [5.74, 6) is 1.62. The van der Waals surface area contributed by atoms with E-state index in [0.717, 1.165) is 42.1 Å². The molecular formula is C26H33N3O4. The quantitative estimate of drug-likeness (QED) is 0.477. The summed E-state index contributed by atoms with van der Waals surface area (Å²) in [4.78, 5) is 6.27. The Morgan fingerprint density at radius 3 is 2.79 bits per heavy atom. The van der Waals surface area contributed by atoms with E-state index in [1.54, 1.807) is 6.20 Å². The first-order valence-corrected chi connectivity index (χ1v) is 11.5. The molecule has 0 radical (unpaired) electrons. The van der Waals surface area contributed by atoms with E-state index < -0.39 is 5.60 Å². The van der Waals surface area contributed by atoms with Gasteiger partial charge in [0.25, 0.3) is 0 Å². The highest BCUT2D eigenvalue weighted by Gasteiger charge is 2.33. The maximum atomic E-state index is 11.2. The summed E-state index contributed by atoms with van der Waals surface area (Å²) in [6.07, 6.45) is 6.48. The summed E-state index contributed by atoms with van der Waals surface area (Å²) >= 11 is 0. The molecule has 7 nitrogen and oxygen atoms in total. The van der Waals surface area contributed by atoms with Gasteiger partial charge in [-0.25, -0.2) is 4.98 Å². The third-order valence-corrected chi connectivity index (χ3v) is 5.63. The molecule has 0 amide bonds. The molecule has 7 heteroatoms. The van der Waals surface area contributed by atoms with E-state index in [9.17, 15) is 5.11 Å². The fraction of sp³-hybridized carbons (Fsp3) is 0.423. The molecule has 1 aromatic heterocycles. The minimum absolute atomic E-state index is 0.188. The van der Waals surface area contributed by atoms with Gasteiger partial charge >= 0.3 is 0 Å². The number of hydrogen-bond donors (Lipinski definition) is 1. The van der Waals surface area contributed by atoms with Gasteiger partial charge in [0.2, 0.25) is 0 Å². The van der Waals surface area contributed by atoms with Crippen molar-refractivity contribution in [2.75, 3.05) is 39.5 Å². The van der Waals surface area contributed by atoms with Crippen LogP contribution in [0.1, 0.15) is 17.5 Å². The molecule has 176 valence electrons. The summed E-state index contributed by atoms with van der Waals surface area (Å²) in [6, 6.07) is 16.0. The van der Waals surface area contributed by atoms with Crippen molar-refractivity contribution in [3.8, 4) is 11.5 Å². The number of benzene rings is 2. The van der Waals surface area contributed by atoms with Crippen LogP contribution >= 0.6 is 0 Å². The van der Waals surface area contributed by atoms with Crippen LogP contribution in [0.25, 0.3) is 0 Å².